The summed E-state index contributed by atoms with van der Waals surface area (Å²) >= 11 is 0. The van der Waals surface area contributed by atoms with Gasteiger partial charge in [-0.15, -0.1) is 0 Å². The summed E-state index contributed by atoms with van der Waals surface area (Å²) in [5.74, 6) is -1.16. The number of hydrogen-bond donors (Lipinski definition) is 2. The molecule has 1 aromatic heterocycles. The van der Waals surface area contributed by atoms with E-state index in [9.17, 15) is 24.5 Å². The number of carbonyl (C=O) groups is 2. The van der Waals surface area contributed by atoms with E-state index in [1.54, 1.807) is 6.92 Å². The van der Waals surface area contributed by atoms with Crippen LogP contribution in [-0.2, 0) is 18.3 Å². The van der Waals surface area contributed by atoms with E-state index in [4.69, 9.17) is 4.74 Å². The van der Waals surface area contributed by atoms with Crippen LogP contribution in [0.1, 0.15) is 33.5 Å². The second-order valence-corrected chi connectivity index (χ2v) is 4.93. The molecule has 2 N–H and O–H groups in total. The van der Waals surface area contributed by atoms with Crippen LogP contribution in [-0.4, -0.2) is 38.2 Å². The van der Waals surface area contributed by atoms with Crippen molar-refractivity contribution in [2.24, 2.45) is 7.05 Å². The number of aromatic amines is 1. The minimum absolute atomic E-state index is 0.0779. The molecule has 0 aliphatic rings. The van der Waals surface area contributed by atoms with Gasteiger partial charge >= 0.3 is 11.7 Å². The van der Waals surface area contributed by atoms with Gasteiger partial charge in [-0.25, -0.2) is 14.7 Å². The molecule has 0 bridgehead atoms. The van der Waals surface area contributed by atoms with Crippen molar-refractivity contribution >= 4 is 17.6 Å². The Kier molecular flexibility index (Phi) is 5.27. The molecule has 1 heterocycles. The minimum Gasteiger partial charge on any atom is -0.462 e. The molecule has 11 heteroatoms. The summed E-state index contributed by atoms with van der Waals surface area (Å²) in [4.78, 5) is 45.6. The molecule has 0 spiro atoms. The van der Waals surface area contributed by atoms with Crippen molar-refractivity contribution in [2.75, 3.05) is 6.61 Å². The average molecular weight is 349 g/mol. The van der Waals surface area contributed by atoms with Gasteiger partial charge in [0.25, 0.3) is 11.6 Å². The number of hydrogen-bond acceptors (Lipinski definition) is 7. The number of rotatable bonds is 6. The Hall–Kier alpha value is -3.50. The molecule has 0 saturated heterocycles. The Labute approximate surface area is 140 Å². The number of nitrogens with zero attached hydrogens (tertiary/aromatic N) is 3. The Bertz CT molecular complexity index is 884. The first-order chi connectivity index (χ1) is 11.8. The van der Waals surface area contributed by atoms with Crippen LogP contribution in [0.25, 0.3) is 0 Å². The highest BCUT2D eigenvalue weighted by Gasteiger charge is 2.19. The van der Waals surface area contributed by atoms with Crippen LogP contribution in [0.15, 0.2) is 23.0 Å². The summed E-state index contributed by atoms with van der Waals surface area (Å²) < 4.78 is 6.01. The predicted octanol–water partition coefficient (Wildman–Crippen LogP) is 0.123. The maximum Gasteiger partial charge on any atom is 0.343 e. The number of carbonyl (C=O) groups excluding carboxylic acids is 2. The first-order valence-corrected chi connectivity index (χ1v) is 7.18. The predicted molar refractivity (Wildman–Crippen MR) is 84.1 cm³/mol. The van der Waals surface area contributed by atoms with Crippen LogP contribution < -0.4 is 11.0 Å². The van der Waals surface area contributed by atoms with Gasteiger partial charge in [0.05, 0.1) is 23.6 Å². The van der Waals surface area contributed by atoms with E-state index in [-0.39, 0.29) is 30.1 Å². The fourth-order valence-corrected chi connectivity index (χ4v) is 1.98. The minimum atomic E-state index is -0.769. The molecule has 0 unspecified atom stereocenters. The van der Waals surface area contributed by atoms with Gasteiger partial charge in [-0.05, 0) is 13.0 Å². The zero-order chi connectivity index (χ0) is 18.6. The first-order valence-electron chi connectivity index (χ1n) is 7.18. The summed E-state index contributed by atoms with van der Waals surface area (Å²) in [6.45, 7) is 1.61. The number of nitro groups is 1. The number of H-pyrrole nitrogens is 1. The number of amides is 1. The smallest absolute Gasteiger partial charge is 0.343 e. The summed E-state index contributed by atoms with van der Waals surface area (Å²) in [6.07, 6.45) is 0. The summed E-state index contributed by atoms with van der Waals surface area (Å²) in [6, 6.07) is 3.28. The lowest BCUT2D eigenvalue weighted by atomic mass is 10.1. The normalized spacial score (nSPS) is 10.3. The third-order valence-corrected chi connectivity index (χ3v) is 3.28. The van der Waals surface area contributed by atoms with Crippen molar-refractivity contribution in [3.05, 3.63) is 55.7 Å². The molecular weight excluding hydrogens is 334 g/mol. The first kappa shape index (κ1) is 17.8. The van der Waals surface area contributed by atoms with E-state index in [2.05, 4.69) is 15.5 Å². The highest BCUT2D eigenvalue weighted by molar-refractivity contribution is 5.98. The molecule has 132 valence electrons. The van der Waals surface area contributed by atoms with Crippen LogP contribution in [0.4, 0.5) is 5.69 Å². The van der Waals surface area contributed by atoms with Crippen molar-refractivity contribution < 1.29 is 19.2 Å². The molecular formula is C14H15N5O6. The Balaban J connectivity index is 2.25. The van der Waals surface area contributed by atoms with E-state index in [0.29, 0.717) is 0 Å². The molecule has 0 fully saturated rings. The molecule has 0 radical (unpaired) electrons. The van der Waals surface area contributed by atoms with Gasteiger partial charge in [0.1, 0.15) is 0 Å². The molecule has 0 aliphatic heterocycles. The maximum absolute atomic E-state index is 12.2. The molecule has 2 aromatic rings. The standard InChI is InChI=1S/C14H15N5O6/c1-3-25-13(21)9-4-8(5-10(6-9)19(23)24)12(20)15-7-11-16-17-14(22)18(11)2/h4-6H,3,7H2,1-2H3,(H,15,20)(H,17,22). The fourth-order valence-electron chi connectivity index (χ4n) is 1.98. The molecule has 0 saturated carbocycles. The third-order valence-electron chi connectivity index (χ3n) is 3.28. The van der Waals surface area contributed by atoms with Crippen LogP contribution >= 0.6 is 0 Å². The van der Waals surface area contributed by atoms with E-state index in [1.165, 1.54) is 17.7 Å². The SMILES string of the molecule is CCOC(=O)c1cc(C(=O)NCc2n[nH]c(=O)n2C)cc([N+](=O)[O-])c1. The molecule has 1 amide bonds. The van der Waals surface area contributed by atoms with E-state index in [1.807, 2.05) is 0 Å². The fraction of sp³-hybridized carbons (Fsp3) is 0.286. The highest BCUT2D eigenvalue weighted by Crippen LogP contribution is 2.18. The average Bonchev–Trinajstić information content (AvgIpc) is 2.91. The topological polar surface area (TPSA) is 149 Å². The van der Waals surface area contributed by atoms with Crippen molar-refractivity contribution in [3.63, 3.8) is 0 Å². The maximum atomic E-state index is 12.2. The van der Waals surface area contributed by atoms with E-state index >= 15 is 0 Å². The van der Waals surface area contributed by atoms with Crippen LogP contribution in [0.3, 0.4) is 0 Å². The summed E-state index contributed by atoms with van der Waals surface area (Å²) in [5.41, 5.74) is -1.04. The van der Waals surface area contributed by atoms with Gasteiger partial charge in [-0.2, -0.15) is 5.10 Å². The van der Waals surface area contributed by atoms with E-state index < -0.39 is 28.2 Å². The zero-order valence-electron chi connectivity index (χ0n) is 13.4. The summed E-state index contributed by atoms with van der Waals surface area (Å²) in [7, 11) is 1.47. The van der Waals surface area contributed by atoms with Gasteiger partial charge < -0.3 is 10.1 Å². The van der Waals surface area contributed by atoms with Gasteiger partial charge in [0.2, 0.25) is 0 Å². The molecule has 0 aliphatic carbocycles. The second-order valence-electron chi connectivity index (χ2n) is 4.93. The number of nitro benzene ring substituents is 1. The van der Waals surface area contributed by atoms with Crippen molar-refractivity contribution in [3.8, 4) is 0 Å². The van der Waals surface area contributed by atoms with Gasteiger partial charge in [-0.3, -0.25) is 19.5 Å². The zero-order valence-corrected chi connectivity index (χ0v) is 13.4. The van der Waals surface area contributed by atoms with Crippen LogP contribution in [0.5, 0.6) is 0 Å². The molecule has 1 aromatic carbocycles. The number of ether oxygens (including phenoxy) is 1. The molecule has 2 rings (SSSR count). The number of nitrogens with one attached hydrogen (secondary N) is 2. The second kappa shape index (κ2) is 7.38. The van der Waals surface area contributed by atoms with Crippen LogP contribution in [0.2, 0.25) is 0 Å². The van der Waals surface area contributed by atoms with Crippen molar-refractivity contribution in [2.45, 2.75) is 13.5 Å². The lowest BCUT2D eigenvalue weighted by Gasteiger charge is -2.07. The van der Waals surface area contributed by atoms with Gasteiger partial charge in [0.15, 0.2) is 5.82 Å². The monoisotopic (exact) mass is 349 g/mol. The van der Waals surface area contributed by atoms with Gasteiger partial charge in [-0.1, -0.05) is 0 Å². The Morgan fingerprint density at radius 1 is 1.36 bits per heavy atom. The van der Waals surface area contributed by atoms with Crippen molar-refractivity contribution in [1.29, 1.82) is 0 Å². The van der Waals surface area contributed by atoms with E-state index in [0.717, 1.165) is 12.1 Å². The largest absolute Gasteiger partial charge is 0.462 e. The lowest BCUT2D eigenvalue weighted by Crippen LogP contribution is -2.26. The van der Waals surface area contributed by atoms with Crippen LogP contribution in [0, 0.1) is 10.1 Å². The lowest BCUT2D eigenvalue weighted by molar-refractivity contribution is -0.384. The number of esters is 1. The Morgan fingerprint density at radius 3 is 2.60 bits per heavy atom. The quantitative estimate of drug-likeness (QED) is 0.427. The third kappa shape index (κ3) is 4.07. The molecule has 11 nitrogen and oxygen atoms in total. The summed E-state index contributed by atoms with van der Waals surface area (Å²) in [5, 5.41) is 19.4. The molecule has 25 heavy (non-hydrogen) atoms. The number of benzene rings is 1. The Morgan fingerprint density at radius 2 is 2.04 bits per heavy atom. The van der Waals surface area contributed by atoms with Crippen molar-refractivity contribution in [1.82, 2.24) is 20.1 Å². The highest BCUT2D eigenvalue weighted by atomic mass is 16.6. The van der Waals surface area contributed by atoms with Gasteiger partial charge in [0, 0.05) is 24.7 Å². The number of non-ortho nitro benzene ring substituents is 1. The number of aromatic nitrogens is 3. The molecule has 0 atom stereocenters.